The van der Waals surface area contributed by atoms with Crippen LogP contribution in [-0.4, -0.2) is 12.1 Å². The molecule has 0 aliphatic carbocycles. The molecule has 2 heteroatoms. The quantitative estimate of drug-likeness (QED) is 0.681. The third kappa shape index (κ3) is 2.28. The second-order valence-electron chi connectivity index (χ2n) is 3.78. The number of hydrogen-bond acceptors (Lipinski definition) is 2. The molecule has 0 fully saturated rings. The van der Waals surface area contributed by atoms with Crippen molar-refractivity contribution in [2.24, 2.45) is 0 Å². The molecule has 0 bridgehead atoms. The van der Waals surface area contributed by atoms with E-state index in [-0.39, 0.29) is 12.2 Å². The summed E-state index contributed by atoms with van der Waals surface area (Å²) in [5.41, 5.74) is 0.220. The first-order valence-electron chi connectivity index (χ1n) is 4.60. The number of aldehydes is 1. The summed E-state index contributed by atoms with van der Waals surface area (Å²) in [5.74, 6) is 0.0310. The number of ketones is 1. The second kappa shape index (κ2) is 4.18. The van der Waals surface area contributed by atoms with Gasteiger partial charge in [0.05, 0.1) is 5.41 Å². The molecule has 0 saturated carbocycles. The van der Waals surface area contributed by atoms with Crippen LogP contribution in [0.3, 0.4) is 0 Å². The molecule has 74 valence electrons. The van der Waals surface area contributed by atoms with E-state index in [1.165, 1.54) is 6.92 Å². The molecule has 0 saturated heterocycles. The molecule has 1 rings (SSSR count). The van der Waals surface area contributed by atoms with Crippen molar-refractivity contribution in [3.05, 3.63) is 35.9 Å². The van der Waals surface area contributed by atoms with Gasteiger partial charge in [-0.3, -0.25) is 4.79 Å². The largest absolute Gasteiger partial charge is 0.302 e. The summed E-state index contributed by atoms with van der Waals surface area (Å²) in [7, 11) is 0. The van der Waals surface area contributed by atoms with Gasteiger partial charge in [-0.2, -0.15) is 0 Å². The molecule has 1 atom stereocenters. The maximum Gasteiger partial charge on any atom is 0.131 e. The highest BCUT2D eigenvalue weighted by molar-refractivity contribution is 5.83. The van der Waals surface area contributed by atoms with Crippen LogP contribution in [0.2, 0.25) is 0 Å². The fourth-order valence-electron chi connectivity index (χ4n) is 1.55. The van der Waals surface area contributed by atoms with Gasteiger partial charge in [-0.1, -0.05) is 30.3 Å². The van der Waals surface area contributed by atoms with Gasteiger partial charge < -0.3 is 4.79 Å². The van der Waals surface area contributed by atoms with E-state index in [9.17, 15) is 9.59 Å². The van der Waals surface area contributed by atoms with Crippen molar-refractivity contribution in [1.82, 2.24) is 0 Å². The number of carbonyl (C=O) groups excluding carboxylic acids is 2. The SMILES string of the molecule is CC(=O)CC(C)(C=O)c1ccccc1. The lowest BCUT2D eigenvalue weighted by molar-refractivity contribution is -0.121. The molecule has 0 spiro atoms. The molecule has 1 aromatic rings. The summed E-state index contributed by atoms with van der Waals surface area (Å²) in [6, 6.07) is 9.38. The third-order valence-electron chi connectivity index (χ3n) is 2.31. The monoisotopic (exact) mass is 190 g/mol. The number of benzene rings is 1. The molecular formula is C12H14O2. The summed E-state index contributed by atoms with van der Waals surface area (Å²) in [4.78, 5) is 22.0. The van der Waals surface area contributed by atoms with Gasteiger partial charge in [-0.05, 0) is 19.4 Å². The Morgan fingerprint density at radius 1 is 1.36 bits per heavy atom. The summed E-state index contributed by atoms with van der Waals surface area (Å²) in [6.07, 6.45) is 1.12. The van der Waals surface area contributed by atoms with E-state index in [2.05, 4.69) is 0 Å². The van der Waals surface area contributed by atoms with Gasteiger partial charge in [0, 0.05) is 6.42 Å². The van der Waals surface area contributed by atoms with E-state index in [1.807, 2.05) is 30.3 Å². The fourth-order valence-corrected chi connectivity index (χ4v) is 1.55. The Hall–Kier alpha value is -1.44. The van der Waals surface area contributed by atoms with Crippen LogP contribution in [0, 0.1) is 0 Å². The Morgan fingerprint density at radius 2 is 1.93 bits per heavy atom. The van der Waals surface area contributed by atoms with Gasteiger partial charge in [-0.25, -0.2) is 0 Å². The average Bonchev–Trinajstić information content (AvgIpc) is 2.18. The Labute approximate surface area is 83.9 Å². The zero-order valence-electron chi connectivity index (χ0n) is 8.49. The molecule has 1 unspecified atom stereocenters. The highest BCUT2D eigenvalue weighted by atomic mass is 16.1. The molecule has 0 heterocycles. The molecule has 0 amide bonds. The lowest BCUT2D eigenvalue weighted by Crippen LogP contribution is -2.26. The van der Waals surface area contributed by atoms with Crippen molar-refractivity contribution in [2.75, 3.05) is 0 Å². The van der Waals surface area contributed by atoms with E-state index in [0.717, 1.165) is 11.8 Å². The third-order valence-corrected chi connectivity index (χ3v) is 2.31. The van der Waals surface area contributed by atoms with Crippen molar-refractivity contribution in [1.29, 1.82) is 0 Å². The van der Waals surface area contributed by atoms with Gasteiger partial charge in [0.1, 0.15) is 12.1 Å². The van der Waals surface area contributed by atoms with E-state index >= 15 is 0 Å². The van der Waals surface area contributed by atoms with Crippen LogP contribution in [0.4, 0.5) is 0 Å². The van der Waals surface area contributed by atoms with Crippen molar-refractivity contribution in [2.45, 2.75) is 25.7 Å². The van der Waals surface area contributed by atoms with E-state index in [0.29, 0.717) is 0 Å². The lowest BCUT2D eigenvalue weighted by atomic mass is 9.80. The van der Waals surface area contributed by atoms with Gasteiger partial charge in [-0.15, -0.1) is 0 Å². The minimum Gasteiger partial charge on any atom is -0.302 e. The topological polar surface area (TPSA) is 34.1 Å². The first kappa shape index (κ1) is 10.6. The van der Waals surface area contributed by atoms with Gasteiger partial charge in [0.15, 0.2) is 0 Å². The zero-order valence-corrected chi connectivity index (χ0v) is 8.49. The first-order chi connectivity index (χ1) is 6.58. The van der Waals surface area contributed by atoms with E-state index in [4.69, 9.17) is 0 Å². The molecular weight excluding hydrogens is 176 g/mol. The standard InChI is InChI=1S/C12H14O2/c1-10(14)8-12(2,9-13)11-6-4-3-5-7-11/h3-7,9H,8H2,1-2H3. The summed E-state index contributed by atoms with van der Waals surface area (Å²) >= 11 is 0. The van der Waals surface area contributed by atoms with Crippen LogP contribution in [0.1, 0.15) is 25.8 Å². The number of carbonyl (C=O) groups is 2. The van der Waals surface area contributed by atoms with Crippen molar-refractivity contribution < 1.29 is 9.59 Å². The Kier molecular flexibility index (Phi) is 3.18. The first-order valence-corrected chi connectivity index (χ1v) is 4.60. The maximum absolute atomic E-state index is 11.0. The lowest BCUT2D eigenvalue weighted by Gasteiger charge is -2.21. The minimum absolute atomic E-state index is 0.0310. The van der Waals surface area contributed by atoms with Crippen LogP contribution in [0.5, 0.6) is 0 Å². The van der Waals surface area contributed by atoms with Gasteiger partial charge in [0.25, 0.3) is 0 Å². The molecule has 0 N–H and O–H groups in total. The minimum atomic E-state index is -0.674. The number of Topliss-reactive ketones (excluding diaryl/α,β-unsaturated/α-hetero) is 1. The summed E-state index contributed by atoms with van der Waals surface area (Å²) < 4.78 is 0. The predicted octanol–water partition coefficient (Wildman–Crippen LogP) is 2.12. The Balaban J connectivity index is 3.01. The summed E-state index contributed by atoms with van der Waals surface area (Å²) in [6.45, 7) is 3.29. The van der Waals surface area contributed by atoms with Crippen LogP contribution in [0.15, 0.2) is 30.3 Å². The number of hydrogen-bond donors (Lipinski definition) is 0. The Bertz CT molecular complexity index is 329. The van der Waals surface area contributed by atoms with Crippen LogP contribution >= 0.6 is 0 Å². The van der Waals surface area contributed by atoms with Crippen molar-refractivity contribution >= 4 is 12.1 Å². The smallest absolute Gasteiger partial charge is 0.131 e. The fraction of sp³-hybridized carbons (Fsp3) is 0.333. The maximum atomic E-state index is 11.0. The highest BCUT2D eigenvalue weighted by Gasteiger charge is 2.27. The molecule has 0 aromatic heterocycles. The van der Waals surface area contributed by atoms with Gasteiger partial charge in [0.2, 0.25) is 0 Å². The molecule has 1 aromatic carbocycles. The van der Waals surface area contributed by atoms with Gasteiger partial charge >= 0.3 is 0 Å². The van der Waals surface area contributed by atoms with Crippen LogP contribution in [0.25, 0.3) is 0 Å². The molecule has 2 nitrogen and oxygen atoms in total. The molecule has 0 aliphatic heterocycles. The van der Waals surface area contributed by atoms with E-state index < -0.39 is 5.41 Å². The predicted molar refractivity (Wildman–Crippen MR) is 55.2 cm³/mol. The van der Waals surface area contributed by atoms with Crippen molar-refractivity contribution in [3.63, 3.8) is 0 Å². The number of rotatable bonds is 4. The normalized spacial score (nSPS) is 14.4. The average molecular weight is 190 g/mol. The zero-order chi connectivity index (χ0) is 10.6. The Morgan fingerprint density at radius 3 is 2.36 bits per heavy atom. The van der Waals surface area contributed by atoms with Crippen LogP contribution < -0.4 is 0 Å². The molecule has 0 radical (unpaired) electrons. The second-order valence-corrected chi connectivity index (χ2v) is 3.78. The van der Waals surface area contributed by atoms with Crippen LogP contribution in [-0.2, 0) is 15.0 Å². The van der Waals surface area contributed by atoms with E-state index in [1.54, 1.807) is 6.92 Å². The van der Waals surface area contributed by atoms with Crippen molar-refractivity contribution in [3.8, 4) is 0 Å². The summed E-state index contributed by atoms with van der Waals surface area (Å²) in [5, 5.41) is 0. The molecule has 0 aliphatic rings. The highest BCUT2D eigenvalue weighted by Crippen LogP contribution is 2.25. The molecule has 14 heavy (non-hydrogen) atoms.